The summed E-state index contributed by atoms with van der Waals surface area (Å²) in [6.45, 7) is 6.33. The normalized spacial score (nSPS) is 30.6. The van der Waals surface area contributed by atoms with Crippen LogP contribution in [0.25, 0.3) is 11.3 Å². The second-order valence-electron chi connectivity index (χ2n) is 10.1. The fourth-order valence-electron chi connectivity index (χ4n) is 6.25. The van der Waals surface area contributed by atoms with Gasteiger partial charge in [0.25, 0.3) is 0 Å². The van der Waals surface area contributed by atoms with Gasteiger partial charge in [-0.25, -0.2) is 4.98 Å². The SMILES string of the molecule is CCC(C)n1nc(-c2cnc(N)c(OC(F)F)c2)cc1[C@H]1[C@@H]2C[C@H](N3CCCC3)CC21C. The first-order valence-electron chi connectivity index (χ1n) is 11.9. The minimum atomic E-state index is -2.95. The molecule has 0 bridgehead atoms. The highest BCUT2D eigenvalue weighted by Crippen LogP contribution is 2.73. The summed E-state index contributed by atoms with van der Waals surface area (Å²) in [7, 11) is 0. The van der Waals surface area contributed by atoms with Crippen molar-refractivity contribution in [3.05, 3.63) is 24.0 Å². The maximum atomic E-state index is 12.8. The van der Waals surface area contributed by atoms with E-state index < -0.39 is 6.61 Å². The molecular weight excluding hydrogens is 412 g/mol. The number of nitrogens with two attached hydrogens (primary N) is 1. The lowest BCUT2D eigenvalue weighted by Crippen LogP contribution is -2.32. The standard InChI is InChI=1S/C24H33F2N5O/c1-4-14(2)31-19(21-17-10-16(12-24(17,21)3)30-7-5-6-8-30)11-18(29-31)15-9-20(32-23(25)26)22(27)28-13-15/h9,11,13-14,16-17,21,23H,4-8,10,12H2,1-3H3,(H2,27,28)/t14?,16-,17-,21+,24?/m0/s1. The van der Waals surface area contributed by atoms with Gasteiger partial charge in [-0.3, -0.25) is 4.68 Å². The minimum absolute atomic E-state index is 0.0483. The number of ether oxygens (including phenoxy) is 1. The molecule has 2 aromatic heterocycles. The highest BCUT2D eigenvalue weighted by molar-refractivity contribution is 5.64. The lowest BCUT2D eigenvalue weighted by atomic mass is 9.96. The van der Waals surface area contributed by atoms with Crippen LogP contribution in [0.2, 0.25) is 0 Å². The molecule has 2 aromatic rings. The summed E-state index contributed by atoms with van der Waals surface area (Å²) >= 11 is 0. The fourth-order valence-corrected chi connectivity index (χ4v) is 6.25. The van der Waals surface area contributed by atoms with Gasteiger partial charge in [-0.05, 0) is 75.6 Å². The number of likely N-dealkylation sites (tertiary alicyclic amines) is 1. The molecule has 2 N–H and O–H groups in total. The molecule has 2 unspecified atom stereocenters. The Bertz CT molecular complexity index is 989. The molecule has 8 heteroatoms. The van der Waals surface area contributed by atoms with E-state index in [1.165, 1.54) is 50.5 Å². The Morgan fingerprint density at radius 1 is 1.28 bits per heavy atom. The number of anilines is 1. The van der Waals surface area contributed by atoms with Crippen LogP contribution < -0.4 is 10.5 Å². The zero-order chi connectivity index (χ0) is 22.6. The number of fused-ring (bicyclic) bond motifs is 1. The summed E-state index contributed by atoms with van der Waals surface area (Å²) in [4.78, 5) is 6.75. The molecule has 6 nitrogen and oxygen atoms in total. The molecule has 2 saturated carbocycles. The number of nitrogen functional groups attached to an aromatic ring is 1. The van der Waals surface area contributed by atoms with Crippen LogP contribution in [0.5, 0.6) is 5.75 Å². The van der Waals surface area contributed by atoms with Crippen molar-refractivity contribution in [3.8, 4) is 17.0 Å². The third-order valence-corrected chi connectivity index (χ3v) is 8.19. The molecule has 5 rings (SSSR count). The highest BCUT2D eigenvalue weighted by Gasteiger charge is 2.67. The third kappa shape index (κ3) is 3.56. The number of halogens is 2. The zero-order valence-corrected chi connectivity index (χ0v) is 19.1. The average Bonchev–Trinajstić information content (AvgIpc) is 3.30. The second kappa shape index (κ2) is 7.97. The number of pyridine rings is 1. The van der Waals surface area contributed by atoms with Crippen LogP contribution in [0.4, 0.5) is 14.6 Å². The number of hydrogen-bond acceptors (Lipinski definition) is 5. The maximum Gasteiger partial charge on any atom is 0.387 e. The molecule has 0 aromatic carbocycles. The topological polar surface area (TPSA) is 69.2 Å². The Balaban J connectivity index is 1.43. The molecule has 32 heavy (non-hydrogen) atoms. The van der Waals surface area contributed by atoms with E-state index in [4.69, 9.17) is 10.8 Å². The largest absolute Gasteiger partial charge is 0.431 e. The van der Waals surface area contributed by atoms with Crippen molar-refractivity contribution in [3.63, 3.8) is 0 Å². The van der Waals surface area contributed by atoms with E-state index in [-0.39, 0.29) is 17.6 Å². The predicted octanol–water partition coefficient (Wildman–Crippen LogP) is 5.08. The van der Waals surface area contributed by atoms with Gasteiger partial charge in [0.2, 0.25) is 0 Å². The van der Waals surface area contributed by atoms with E-state index in [1.807, 2.05) is 0 Å². The van der Waals surface area contributed by atoms with Crippen molar-refractivity contribution < 1.29 is 13.5 Å². The van der Waals surface area contributed by atoms with Crippen LogP contribution in [-0.2, 0) is 0 Å². The van der Waals surface area contributed by atoms with Gasteiger partial charge >= 0.3 is 6.61 Å². The Kier molecular flexibility index (Phi) is 5.39. The van der Waals surface area contributed by atoms with Gasteiger partial charge < -0.3 is 15.4 Å². The molecule has 0 spiro atoms. The number of aromatic nitrogens is 3. The maximum absolute atomic E-state index is 12.8. The van der Waals surface area contributed by atoms with Gasteiger partial charge in [0.15, 0.2) is 11.6 Å². The minimum Gasteiger partial charge on any atom is -0.431 e. The molecule has 3 heterocycles. The Hall–Kier alpha value is -2.22. The van der Waals surface area contributed by atoms with Crippen LogP contribution in [0.1, 0.15) is 70.5 Å². The molecule has 3 fully saturated rings. The van der Waals surface area contributed by atoms with Crippen molar-refractivity contribution in [2.45, 2.75) is 77.5 Å². The molecule has 174 valence electrons. The number of nitrogens with zero attached hydrogens (tertiary/aromatic N) is 4. The van der Waals surface area contributed by atoms with E-state index in [0.717, 1.165) is 18.2 Å². The molecule has 3 aliphatic rings. The van der Waals surface area contributed by atoms with Crippen molar-refractivity contribution in [1.82, 2.24) is 19.7 Å². The quantitative estimate of drug-likeness (QED) is 0.644. The summed E-state index contributed by atoms with van der Waals surface area (Å²) in [5, 5.41) is 4.90. The second-order valence-corrected chi connectivity index (χ2v) is 10.1. The van der Waals surface area contributed by atoms with Crippen molar-refractivity contribution in [2.75, 3.05) is 18.8 Å². The summed E-state index contributed by atoms with van der Waals surface area (Å²) in [5.41, 5.74) is 8.68. The summed E-state index contributed by atoms with van der Waals surface area (Å²) in [6, 6.07) is 4.63. The van der Waals surface area contributed by atoms with Crippen LogP contribution in [0, 0.1) is 11.3 Å². The Labute approximate surface area is 188 Å². The van der Waals surface area contributed by atoms with E-state index >= 15 is 0 Å². The smallest absolute Gasteiger partial charge is 0.387 e. The Morgan fingerprint density at radius 3 is 2.66 bits per heavy atom. The van der Waals surface area contributed by atoms with Crippen LogP contribution in [-0.4, -0.2) is 45.4 Å². The van der Waals surface area contributed by atoms with E-state index in [9.17, 15) is 8.78 Å². The van der Waals surface area contributed by atoms with Gasteiger partial charge in [-0.15, -0.1) is 0 Å². The summed E-state index contributed by atoms with van der Waals surface area (Å²) < 4.78 is 32.2. The van der Waals surface area contributed by atoms with Gasteiger partial charge in [0.05, 0.1) is 5.69 Å². The summed E-state index contributed by atoms with van der Waals surface area (Å²) in [6.07, 6.45) is 7.73. The number of alkyl halides is 2. The molecule has 1 saturated heterocycles. The van der Waals surface area contributed by atoms with Crippen molar-refractivity contribution >= 4 is 5.82 Å². The molecule has 0 amide bonds. The molecule has 1 aliphatic heterocycles. The van der Waals surface area contributed by atoms with Gasteiger partial charge in [-0.2, -0.15) is 13.9 Å². The average molecular weight is 446 g/mol. The van der Waals surface area contributed by atoms with E-state index in [1.54, 1.807) is 6.20 Å². The first-order chi connectivity index (χ1) is 15.3. The number of rotatable bonds is 7. The monoisotopic (exact) mass is 445 g/mol. The lowest BCUT2D eigenvalue weighted by molar-refractivity contribution is -0.0494. The molecule has 5 atom stereocenters. The van der Waals surface area contributed by atoms with Gasteiger partial charge in [0.1, 0.15) is 0 Å². The van der Waals surface area contributed by atoms with Crippen LogP contribution in [0.15, 0.2) is 18.3 Å². The third-order valence-electron chi connectivity index (χ3n) is 8.19. The van der Waals surface area contributed by atoms with Crippen molar-refractivity contribution in [2.24, 2.45) is 11.3 Å². The van der Waals surface area contributed by atoms with Crippen LogP contribution >= 0.6 is 0 Å². The van der Waals surface area contributed by atoms with Crippen LogP contribution in [0.3, 0.4) is 0 Å². The van der Waals surface area contributed by atoms with E-state index in [2.05, 4.69) is 46.1 Å². The van der Waals surface area contributed by atoms with Gasteiger partial charge in [-0.1, -0.05) is 13.8 Å². The summed E-state index contributed by atoms with van der Waals surface area (Å²) in [5.74, 6) is 1.02. The molecule has 0 radical (unpaired) electrons. The lowest BCUT2D eigenvalue weighted by Gasteiger charge is -2.27. The van der Waals surface area contributed by atoms with Gasteiger partial charge in [0, 0.05) is 35.5 Å². The van der Waals surface area contributed by atoms with Crippen molar-refractivity contribution in [1.29, 1.82) is 0 Å². The molecule has 2 aliphatic carbocycles. The van der Waals surface area contributed by atoms with E-state index in [0.29, 0.717) is 22.8 Å². The first-order valence-corrected chi connectivity index (χ1v) is 11.9. The predicted molar refractivity (Wildman–Crippen MR) is 120 cm³/mol. The molecular formula is C24H33F2N5O. The zero-order valence-electron chi connectivity index (χ0n) is 19.1. The highest BCUT2D eigenvalue weighted by atomic mass is 19.3. The fraction of sp³-hybridized carbons (Fsp3) is 0.667. The number of hydrogen-bond donors (Lipinski definition) is 1. The Morgan fingerprint density at radius 2 is 2.03 bits per heavy atom. The first kappa shape index (κ1) is 21.6.